The molecule has 0 spiro atoms. The van der Waals surface area contributed by atoms with Crippen molar-refractivity contribution in [1.82, 2.24) is 24.1 Å². The molecule has 1 atom stereocenters. The quantitative estimate of drug-likeness (QED) is 0.384. The van der Waals surface area contributed by atoms with Crippen LogP contribution in [0.15, 0.2) is 64.5 Å². The average molecular weight is 464 g/mol. The zero-order chi connectivity index (χ0) is 23.7. The van der Waals surface area contributed by atoms with E-state index in [0.29, 0.717) is 22.9 Å². The number of para-hydroxylation sites is 1. The van der Waals surface area contributed by atoms with Gasteiger partial charge in [-0.1, -0.05) is 54.2 Å². The van der Waals surface area contributed by atoms with Crippen LogP contribution in [0.5, 0.6) is 0 Å². The van der Waals surface area contributed by atoms with Gasteiger partial charge < -0.3 is 4.90 Å². The molecular formula is C25H29N5O2S. The maximum absolute atomic E-state index is 13.3. The van der Waals surface area contributed by atoms with Crippen molar-refractivity contribution in [3.05, 3.63) is 70.5 Å². The summed E-state index contributed by atoms with van der Waals surface area (Å²) in [6.07, 6.45) is 0. The molecule has 1 amide bonds. The third-order valence-electron chi connectivity index (χ3n) is 5.66. The van der Waals surface area contributed by atoms with Crippen LogP contribution < -0.4 is 5.56 Å². The number of thioether (sulfide) groups is 1. The summed E-state index contributed by atoms with van der Waals surface area (Å²) < 4.78 is 3.54. The van der Waals surface area contributed by atoms with E-state index in [-0.39, 0.29) is 28.8 Å². The summed E-state index contributed by atoms with van der Waals surface area (Å²) in [5.41, 5.74) is 1.63. The van der Waals surface area contributed by atoms with Gasteiger partial charge in [-0.3, -0.25) is 18.6 Å². The zero-order valence-corrected chi connectivity index (χ0v) is 20.4. The van der Waals surface area contributed by atoms with E-state index in [0.717, 1.165) is 11.1 Å². The molecule has 0 aliphatic heterocycles. The summed E-state index contributed by atoms with van der Waals surface area (Å²) in [5.74, 6) is 0.526. The normalized spacial score (nSPS) is 12.7. The maximum atomic E-state index is 13.3. The lowest BCUT2D eigenvalue weighted by molar-refractivity contribution is -0.133. The van der Waals surface area contributed by atoms with Crippen LogP contribution >= 0.6 is 11.8 Å². The Balaban J connectivity index is 1.81. The number of nitrogens with zero attached hydrogens (tertiary/aromatic N) is 5. The standard InChI is InChI=1S/C25H29N5O2S/c1-16(2)29(17(3)4)22(31)18(5)33-25-27-26-24-28(15-19-11-7-6-8-12-19)23(32)20-13-9-10-14-21(20)30(24)25/h6-14,16-18H,15H2,1-5H3. The predicted molar refractivity (Wildman–Crippen MR) is 133 cm³/mol. The van der Waals surface area contributed by atoms with E-state index in [1.165, 1.54) is 11.8 Å². The molecular weight excluding hydrogens is 434 g/mol. The number of rotatable bonds is 7. The van der Waals surface area contributed by atoms with Gasteiger partial charge in [0.2, 0.25) is 11.7 Å². The maximum Gasteiger partial charge on any atom is 0.263 e. The van der Waals surface area contributed by atoms with E-state index in [1.807, 2.05) is 98.5 Å². The van der Waals surface area contributed by atoms with Gasteiger partial charge in [-0.25, -0.2) is 0 Å². The molecule has 2 aromatic heterocycles. The lowest BCUT2D eigenvalue weighted by Crippen LogP contribution is -2.45. The van der Waals surface area contributed by atoms with Gasteiger partial charge >= 0.3 is 0 Å². The first-order chi connectivity index (χ1) is 15.8. The molecule has 0 aliphatic rings. The van der Waals surface area contributed by atoms with Gasteiger partial charge in [0, 0.05) is 12.1 Å². The molecule has 2 heterocycles. The van der Waals surface area contributed by atoms with Crippen LogP contribution in [0.2, 0.25) is 0 Å². The molecule has 4 aromatic rings. The minimum absolute atomic E-state index is 0.0589. The fourth-order valence-corrected chi connectivity index (χ4v) is 5.15. The van der Waals surface area contributed by atoms with Crippen molar-refractivity contribution in [1.29, 1.82) is 0 Å². The molecule has 2 aromatic carbocycles. The summed E-state index contributed by atoms with van der Waals surface area (Å²) in [4.78, 5) is 28.4. The number of hydrogen-bond acceptors (Lipinski definition) is 5. The molecule has 33 heavy (non-hydrogen) atoms. The van der Waals surface area contributed by atoms with E-state index in [4.69, 9.17) is 0 Å². The van der Waals surface area contributed by atoms with Gasteiger partial charge in [0.1, 0.15) is 0 Å². The van der Waals surface area contributed by atoms with Crippen LogP contribution in [-0.2, 0) is 11.3 Å². The van der Waals surface area contributed by atoms with Crippen molar-refractivity contribution < 1.29 is 4.79 Å². The molecule has 7 nitrogen and oxygen atoms in total. The SMILES string of the molecule is CC(Sc1nnc2n(Cc3ccccc3)c(=O)c3ccccc3n12)C(=O)N(C(C)C)C(C)C. The van der Waals surface area contributed by atoms with Crippen LogP contribution in [0, 0.1) is 0 Å². The van der Waals surface area contributed by atoms with Gasteiger partial charge in [0.25, 0.3) is 5.56 Å². The fraction of sp³-hybridized carbons (Fsp3) is 0.360. The van der Waals surface area contributed by atoms with Gasteiger partial charge in [0.05, 0.1) is 22.7 Å². The highest BCUT2D eigenvalue weighted by molar-refractivity contribution is 8.00. The molecule has 0 N–H and O–H groups in total. The number of aromatic nitrogens is 4. The number of fused-ring (bicyclic) bond motifs is 3. The average Bonchev–Trinajstić information content (AvgIpc) is 3.20. The molecule has 8 heteroatoms. The topological polar surface area (TPSA) is 72.5 Å². The largest absolute Gasteiger partial charge is 0.337 e. The fourth-order valence-electron chi connectivity index (χ4n) is 4.24. The number of hydrogen-bond donors (Lipinski definition) is 0. The van der Waals surface area contributed by atoms with Crippen molar-refractivity contribution in [3.8, 4) is 0 Å². The summed E-state index contributed by atoms with van der Waals surface area (Å²) in [6, 6.07) is 17.5. The molecule has 0 bridgehead atoms. The molecule has 1 unspecified atom stereocenters. The molecule has 172 valence electrons. The predicted octanol–water partition coefficient (Wildman–Crippen LogP) is 4.22. The lowest BCUT2D eigenvalue weighted by atomic mass is 10.2. The monoisotopic (exact) mass is 463 g/mol. The molecule has 0 fully saturated rings. The van der Waals surface area contributed by atoms with Crippen LogP contribution in [0.4, 0.5) is 0 Å². The van der Waals surface area contributed by atoms with Crippen molar-refractivity contribution in [2.24, 2.45) is 0 Å². The molecule has 4 rings (SSSR count). The van der Waals surface area contributed by atoms with Crippen LogP contribution in [0.1, 0.15) is 40.2 Å². The number of benzene rings is 2. The van der Waals surface area contributed by atoms with Gasteiger partial charge in [-0.15, -0.1) is 10.2 Å². The van der Waals surface area contributed by atoms with E-state index in [2.05, 4.69) is 10.2 Å². The third kappa shape index (κ3) is 4.39. The Kier molecular flexibility index (Phi) is 6.56. The summed E-state index contributed by atoms with van der Waals surface area (Å²) >= 11 is 1.37. The van der Waals surface area contributed by atoms with Crippen molar-refractivity contribution in [2.45, 2.75) is 63.7 Å². The second kappa shape index (κ2) is 9.39. The first-order valence-corrected chi connectivity index (χ1v) is 12.1. The van der Waals surface area contributed by atoms with Gasteiger partial charge in [-0.2, -0.15) is 0 Å². The highest BCUT2D eigenvalue weighted by atomic mass is 32.2. The Hall–Kier alpha value is -3.13. The minimum atomic E-state index is -0.351. The molecule has 0 aliphatic carbocycles. The number of carbonyl (C=O) groups excluding carboxylic acids is 1. The second-order valence-corrected chi connectivity index (χ2v) is 10.0. The van der Waals surface area contributed by atoms with Gasteiger partial charge in [-0.05, 0) is 52.3 Å². The number of carbonyl (C=O) groups is 1. The third-order valence-corrected chi connectivity index (χ3v) is 6.69. The summed E-state index contributed by atoms with van der Waals surface area (Å²) in [5, 5.41) is 9.62. The van der Waals surface area contributed by atoms with E-state index in [9.17, 15) is 9.59 Å². The van der Waals surface area contributed by atoms with E-state index in [1.54, 1.807) is 4.57 Å². The van der Waals surface area contributed by atoms with E-state index < -0.39 is 0 Å². The molecule has 0 saturated heterocycles. The summed E-state index contributed by atoms with van der Waals surface area (Å²) in [6.45, 7) is 10.4. The van der Waals surface area contributed by atoms with Crippen molar-refractivity contribution >= 4 is 34.3 Å². The zero-order valence-electron chi connectivity index (χ0n) is 19.6. The smallest absolute Gasteiger partial charge is 0.263 e. The van der Waals surface area contributed by atoms with Crippen LogP contribution in [0.25, 0.3) is 16.7 Å². The van der Waals surface area contributed by atoms with E-state index >= 15 is 0 Å². The molecule has 0 saturated carbocycles. The Bertz CT molecular complexity index is 1340. The van der Waals surface area contributed by atoms with Gasteiger partial charge in [0.15, 0.2) is 5.16 Å². The first kappa shape index (κ1) is 23.0. The highest BCUT2D eigenvalue weighted by Crippen LogP contribution is 2.27. The highest BCUT2D eigenvalue weighted by Gasteiger charge is 2.28. The van der Waals surface area contributed by atoms with Crippen molar-refractivity contribution in [2.75, 3.05) is 0 Å². The Morgan fingerprint density at radius 1 is 0.939 bits per heavy atom. The Morgan fingerprint density at radius 2 is 1.58 bits per heavy atom. The summed E-state index contributed by atoms with van der Waals surface area (Å²) in [7, 11) is 0. The molecule has 0 radical (unpaired) electrons. The van der Waals surface area contributed by atoms with Crippen molar-refractivity contribution in [3.63, 3.8) is 0 Å². The Morgan fingerprint density at radius 3 is 2.24 bits per heavy atom. The minimum Gasteiger partial charge on any atom is -0.337 e. The Labute approximate surface area is 197 Å². The second-order valence-electron chi connectivity index (χ2n) is 8.71. The van der Waals surface area contributed by atoms with Crippen LogP contribution in [-0.4, -0.2) is 47.3 Å². The first-order valence-electron chi connectivity index (χ1n) is 11.2. The lowest BCUT2D eigenvalue weighted by Gasteiger charge is -2.32. The van der Waals surface area contributed by atoms with Crippen LogP contribution in [0.3, 0.4) is 0 Å². The number of amides is 1.